The Hall–Kier alpha value is -0.0400. The lowest BCUT2D eigenvalue weighted by Crippen LogP contribution is -2.03. The van der Waals surface area contributed by atoms with Gasteiger partial charge in [0.15, 0.2) is 0 Å². The minimum Gasteiger partial charge on any atom is -0.330 e. The summed E-state index contributed by atoms with van der Waals surface area (Å²) >= 11 is 0. The zero-order valence-corrected chi connectivity index (χ0v) is 6.43. The summed E-state index contributed by atoms with van der Waals surface area (Å²) in [5.74, 6) is 2.73. The number of rotatable bonds is 3. The third-order valence-corrected chi connectivity index (χ3v) is 2.15. The Balaban J connectivity index is 2.05. The molecule has 1 saturated carbocycles. The third-order valence-electron chi connectivity index (χ3n) is 2.15. The maximum atomic E-state index is 5.50. The van der Waals surface area contributed by atoms with Gasteiger partial charge in [-0.1, -0.05) is 13.8 Å². The lowest BCUT2D eigenvalue weighted by molar-refractivity contribution is 0.514. The summed E-state index contributed by atoms with van der Waals surface area (Å²) in [4.78, 5) is 0. The monoisotopic (exact) mass is 127 g/mol. The SMILES string of the molecule is CC(C)C[C@@H]1C[C@H]1CN. The summed E-state index contributed by atoms with van der Waals surface area (Å²) in [5, 5.41) is 0. The first-order chi connectivity index (χ1) is 4.24. The fourth-order valence-electron chi connectivity index (χ4n) is 1.49. The Bertz CT molecular complexity index is 88.6. The highest BCUT2D eigenvalue weighted by Gasteiger charge is 2.35. The molecular formula is C8H17N. The zero-order valence-electron chi connectivity index (χ0n) is 6.43. The van der Waals surface area contributed by atoms with E-state index in [0.29, 0.717) is 0 Å². The molecule has 0 bridgehead atoms. The van der Waals surface area contributed by atoms with Gasteiger partial charge in [0.25, 0.3) is 0 Å². The van der Waals surface area contributed by atoms with E-state index >= 15 is 0 Å². The van der Waals surface area contributed by atoms with Crippen molar-refractivity contribution in [2.75, 3.05) is 6.54 Å². The second-order valence-electron chi connectivity index (χ2n) is 3.62. The molecule has 0 radical (unpaired) electrons. The van der Waals surface area contributed by atoms with Gasteiger partial charge in [-0.25, -0.2) is 0 Å². The average molecular weight is 127 g/mol. The van der Waals surface area contributed by atoms with Crippen molar-refractivity contribution in [2.45, 2.75) is 26.7 Å². The van der Waals surface area contributed by atoms with Crippen molar-refractivity contribution < 1.29 is 0 Å². The largest absolute Gasteiger partial charge is 0.330 e. The molecule has 1 nitrogen and oxygen atoms in total. The predicted octanol–water partition coefficient (Wildman–Crippen LogP) is 1.63. The van der Waals surface area contributed by atoms with Gasteiger partial charge in [0.05, 0.1) is 0 Å². The van der Waals surface area contributed by atoms with Crippen molar-refractivity contribution in [3.8, 4) is 0 Å². The van der Waals surface area contributed by atoms with E-state index in [4.69, 9.17) is 5.73 Å². The quantitative estimate of drug-likeness (QED) is 0.612. The number of hydrogen-bond donors (Lipinski definition) is 1. The van der Waals surface area contributed by atoms with Gasteiger partial charge >= 0.3 is 0 Å². The Morgan fingerprint density at radius 1 is 1.44 bits per heavy atom. The Kier molecular flexibility index (Phi) is 2.12. The molecule has 2 atom stereocenters. The second-order valence-corrected chi connectivity index (χ2v) is 3.62. The number of hydrogen-bond acceptors (Lipinski definition) is 1. The van der Waals surface area contributed by atoms with Gasteiger partial charge in [0, 0.05) is 0 Å². The minimum absolute atomic E-state index is 0.867. The molecule has 1 fully saturated rings. The van der Waals surface area contributed by atoms with Crippen LogP contribution in [0, 0.1) is 17.8 Å². The van der Waals surface area contributed by atoms with E-state index in [0.717, 1.165) is 24.3 Å². The van der Waals surface area contributed by atoms with E-state index in [1.807, 2.05) is 0 Å². The van der Waals surface area contributed by atoms with Crippen LogP contribution in [0.2, 0.25) is 0 Å². The second kappa shape index (κ2) is 2.70. The Morgan fingerprint density at radius 3 is 2.44 bits per heavy atom. The fourth-order valence-corrected chi connectivity index (χ4v) is 1.49. The molecule has 0 amide bonds. The first-order valence-electron chi connectivity index (χ1n) is 3.94. The van der Waals surface area contributed by atoms with Crippen molar-refractivity contribution in [3.63, 3.8) is 0 Å². The molecule has 1 rings (SSSR count). The Morgan fingerprint density at radius 2 is 2.11 bits per heavy atom. The minimum atomic E-state index is 0.867. The van der Waals surface area contributed by atoms with E-state index < -0.39 is 0 Å². The topological polar surface area (TPSA) is 26.0 Å². The van der Waals surface area contributed by atoms with E-state index in [2.05, 4.69) is 13.8 Å². The van der Waals surface area contributed by atoms with Crippen molar-refractivity contribution in [1.82, 2.24) is 0 Å². The molecule has 0 saturated heterocycles. The van der Waals surface area contributed by atoms with E-state index in [1.54, 1.807) is 0 Å². The van der Waals surface area contributed by atoms with Gasteiger partial charge < -0.3 is 5.73 Å². The zero-order chi connectivity index (χ0) is 6.85. The van der Waals surface area contributed by atoms with E-state index in [1.165, 1.54) is 12.8 Å². The molecule has 0 heterocycles. The van der Waals surface area contributed by atoms with Crippen molar-refractivity contribution in [1.29, 1.82) is 0 Å². The molecule has 2 N–H and O–H groups in total. The molecule has 0 aromatic carbocycles. The number of nitrogens with two attached hydrogens (primary N) is 1. The highest BCUT2D eigenvalue weighted by molar-refractivity contribution is 4.86. The molecule has 1 aliphatic carbocycles. The van der Waals surface area contributed by atoms with E-state index in [9.17, 15) is 0 Å². The van der Waals surface area contributed by atoms with Gasteiger partial charge in [-0.05, 0) is 37.1 Å². The van der Waals surface area contributed by atoms with Gasteiger partial charge in [-0.15, -0.1) is 0 Å². The fraction of sp³-hybridized carbons (Fsp3) is 1.00. The van der Waals surface area contributed by atoms with Crippen LogP contribution in [0.25, 0.3) is 0 Å². The van der Waals surface area contributed by atoms with Crippen LogP contribution in [0.1, 0.15) is 26.7 Å². The summed E-state index contributed by atoms with van der Waals surface area (Å²) in [6, 6.07) is 0. The van der Waals surface area contributed by atoms with Crippen LogP contribution < -0.4 is 5.73 Å². The summed E-state index contributed by atoms with van der Waals surface area (Å²) in [5.41, 5.74) is 5.50. The summed E-state index contributed by atoms with van der Waals surface area (Å²) in [6.45, 7) is 5.48. The smallest absolute Gasteiger partial charge is 0.00461 e. The molecule has 0 spiro atoms. The summed E-state index contributed by atoms with van der Waals surface area (Å²) in [6.07, 6.45) is 2.79. The maximum absolute atomic E-state index is 5.50. The van der Waals surface area contributed by atoms with Crippen LogP contribution in [-0.2, 0) is 0 Å². The molecule has 9 heavy (non-hydrogen) atoms. The van der Waals surface area contributed by atoms with Gasteiger partial charge in [0.1, 0.15) is 0 Å². The molecule has 1 aliphatic rings. The van der Waals surface area contributed by atoms with Crippen molar-refractivity contribution >= 4 is 0 Å². The average Bonchev–Trinajstić information content (AvgIpc) is 2.45. The third kappa shape index (κ3) is 1.98. The lowest BCUT2D eigenvalue weighted by atomic mass is 10.1. The first kappa shape index (κ1) is 7.07. The highest BCUT2D eigenvalue weighted by Crippen LogP contribution is 2.41. The van der Waals surface area contributed by atoms with Crippen LogP contribution in [0.5, 0.6) is 0 Å². The van der Waals surface area contributed by atoms with Gasteiger partial charge in [-0.3, -0.25) is 0 Å². The van der Waals surface area contributed by atoms with Crippen LogP contribution in [0.3, 0.4) is 0 Å². The van der Waals surface area contributed by atoms with E-state index in [-0.39, 0.29) is 0 Å². The summed E-state index contributed by atoms with van der Waals surface area (Å²) in [7, 11) is 0. The molecule has 54 valence electrons. The molecule has 0 aromatic heterocycles. The molecular weight excluding hydrogens is 110 g/mol. The van der Waals surface area contributed by atoms with Gasteiger partial charge in [-0.2, -0.15) is 0 Å². The van der Waals surface area contributed by atoms with Gasteiger partial charge in [0.2, 0.25) is 0 Å². The molecule has 0 aromatic rings. The summed E-state index contributed by atoms with van der Waals surface area (Å²) < 4.78 is 0. The highest BCUT2D eigenvalue weighted by atomic mass is 14.6. The molecule has 0 unspecified atom stereocenters. The normalized spacial score (nSPS) is 33.3. The van der Waals surface area contributed by atoms with Crippen LogP contribution in [0.15, 0.2) is 0 Å². The predicted molar refractivity (Wildman–Crippen MR) is 40.1 cm³/mol. The molecule has 0 aliphatic heterocycles. The van der Waals surface area contributed by atoms with Crippen LogP contribution >= 0.6 is 0 Å². The van der Waals surface area contributed by atoms with Crippen molar-refractivity contribution in [2.24, 2.45) is 23.5 Å². The molecule has 1 heteroatoms. The lowest BCUT2D eigenvalue weighted by Gasteiger charge is -2.00. The van der Waals surface area contributed by atoms with Crippen LogP contribution in [-0.4, -0.2) is 6.54 Å². The first-order valence-corrected chi connectivity index (χ1v) is 3.94. The van der Waals surface area contributed by atoms with Crippen molar-refractivity contribution in [3.05, 3.63) is 0 Å². The Labute approximate surface area is 57.6 Å². The standard InChI is InChI=1S/C8H17N/c1-6(2)3-7-4-8(7)5-9/h6-8H,3-5,9H2,1-2H3/t7-,8+/m1/s1. The maximum Gasteiger partial charge on any atom is -0.00461 e. The van der Waals surface area contributed by atoms with Crippen LogP contribution in [0.4, 0.5) is 0 Å².